The van der Waals surface area contributed by atoms with Crippen LogP contribution in [0.3, 0.4) is 0 Å². The summed E-state index contributed by atoms with van der Waals surface area (Å²) in [5.41, 5.74) is 1.15. The molecule has 7 nitrogen and oxygen atoms in total. The summed E-state index contributed by atoms with van der Waals surface area (Å²) in [5, 5.41) is 8.39. The van der Waals surface area contributed by atoms with Crippen LogP contribution in [0.15, 0.2) is 37.6 Å². The number of hydrogen-bond donors (Lipinski definition) is 1. The highest BCUT2D eigenvalue weighted by Crippen LogP contribution is 2.37. The minimum atomic E-state index is -0.523. The van der Waals surface area contributed by atoms with Crippen LogP contribution in [0, 0.1) is 0 Å². The maximum atomic E-state index is 12.5. The molecule has 0 aliphatic carbocycles. The van der Waals surface area contributed by atoms with Crippen LogP contribution in [0.1, 0.15) is 39.0 Å². The normalized spacial score (nSPS) is 16.6. The standard InChI is InChI=1S/C16H19BrN4O3S/c1-4-8-25-16-19-15-18-9(3)12(14(22)23-5-2)13(21(15)20-16)10-6-7-11(17)24-10/h6-7,13H,4-5,8H2,1-3H3,(H,18,19,20). The van der Waals surface area contributed by atoms with Crippen LogP contribution in [0.4, 0.5) is 5.95 Å². The summed E-state index contributed by atoms with van der Waals surface area (Å²) in [6.07, 6.45) is 1.03. The molecule has 1 atom stereocenters. The molecule has 0 spiro atoms. The molecular weight excluding hydrogens is 408 g/mol. The minimum absolute atomic E-state index is 0.298. The number of carbonyl (C=O) groups excluding carboxylic acids is 1. The second-order valence-electron chi connectivity index (χ2n) is 5.44. The predicted octanol–water partition coefficient (Wildman–Crippen LogP) is 3.99. The first-order chi connectivity index (χ1) is 12.0. The number of halogens is 1. The zero-order valence-corrected chi connectivity index (χ0v) is 16.6. The number of allylic oxidation sites excluding steroid dienone is 1. The molecule has 2 aromatic heterocycles. The van der Waals surface area contributed by atoms with Crippen LogP contribution < -0.4 is 5.32 Å². The fourth-order valence-electron chi connectivity index (χ4n) is 2.60. The third kappa shape index (κ3) is 3.62. The third-order valence-corrected chi connectivity index (χ3v) is 5.10. The van der Waals surface area contributed by atoms with Gasteiger partial charge in [-0.15, -0.1) is 5.10 Å². The van der Waals surface area contributed by atoms with Crippen molar-refractivity contribution in [3.63, 3.8) is 0 Å². The van der Waals surface area contributed by atoms with Gasteiger partial charge in [-0.25, -0.2) is 9.48 Å². The predicted molar refractivity (Wildman–Crippen MR) is 98.5 cm³/mol. The van der Waals surface area contributed by atoms with Crippen molar-refractivity contribution in [2.75, 3.05) is 17.7 Å². The Labute approximate surface area is 158 Å². The van der Waals surface area contributed by atoms with Gasteiger partial charge >= 0.3 is 5.97 Å². The van der Waals surface area contributed by atoms with Gasteiger partial charge in [-0.3, -0.25) is 0 Å². The first kappa shape index (κ1) is 18.1. The van der Waals surface area contributed by atoms with Crippen molar-refractivity contribution in [2.45, 2.75) is 38.4 Å². The Kier molecular flexibility index (Phi) is 5.53. The lowest BCUT2D eigenvalue weighted by Crippen LogP contribution is -2.29. The summed E-state index contributed by atoms with van der Waals surface area (Å²) in [6.45, 7) is 6.01. The maximum absolute atomic E-state index is 12.5. The van der Waals surface area contributed by atoms with Crippen LogP contribution in [0.25, 0.3) is 0 Å². The number of furan rings is 1. The molecule has 2 aromatic rings. The van der Waals surface area contributed by atoms with Gasteiger partial charge in [0.05, 0.1) is 12.2 Å². The number of fused-ring (bicyclic) bond motifs is 1. The molecule has 3 heterocycles. The van der Waals surface area contributed by atoms with Crippen molar-refractivity contribution in [3.05, 3.63) is 33.8 Å². The van der Waals surface area contributed by atoms with Gasteiger partial charge in [0.1, 0.15) is 11.8 Å². The monoisotopic (exact) mass is 426 g/mol. The van der Waals surface area contributed by atoms with E-state index in [1.807, 2.05) is 13.0 Å². The first-order valence-corrected chi connectivity index (χ1v) is 9.82. The first-order valence-electron chi connectivity index (χ1n) is 8.04. The average Bonchev–Trinajstić information content (AvgIpc) is 3.17. The van der Waals surface area contributed by atoms with Gasteiger partial charge in [0.25, 0.3) is 0 Å². The largest absolute Gasteiger partial charge is 0.463 e. The highest BCUT2D eigenvalue weighted by atomic mass is 79.9. The third-order valence-electron chi connectivity index (χ3n) is 3.63. The molecule has 1 aliphatic rings. The Balaban J connectivity index is 2.07. The maximum Gasteiger partial charge on any atom is 0.338 e. The molecule has 1 unspecified atom stereocenters. The molecule has 0 fully saturated rings. The van der Waals surface area contributed by atoms with Gasteiger partial charge in [0, 0.05) is 11.4 Å². The molecule has 0 saturated carbocycles. The number of ether oxygens (including phenoxy) is 1. The van der Waals surface area contributed by atoms with E-state index in [1.165, 1.54) is 0 Å². The highest BCUT2D eigenvalue weighted by Gasteiger charge is 2.37. The Hall–Kier alpha value is -1.74. The molecule has 9 heteroatoms. The molecule has 1 aliphatic heterocycles. The summed E-state index contributed by atoms with van der Waals surface area (Å²) >= 11 is 4.90. The highest BCUT2D eigenvalue weighted by molar-refractivity contribution is 9.10. The SMILES string of the molecule is CCCSc1nc2n(n1)C(c1ccc(Br)o1)C(C(=O)OCC)=C(C)N2. The molecular formula is C16H19BrN4O3S. The number of thioether (sulfide) groups is 1. The van der Waals surface area contributed by atoms with Crippen molar-refractivity contribution < 1.29 is 13.9 Å². The van der Waals surface area contributed by atoms with Crippen LogP contribution >= 0.6 is 27.7 Å². The van der Waals surface area contributed by atoms with Crippen LogP contribution in [-0.4, -0.2) is 33.1 Å². The number of rotatable bonds is 6. The van der Waals surface area contributed by atoms with Crippen molar-refractivity contribution in [2.24, 2.45) is 0 Å². The topological polar surface area (TPSA) is 82.2 Å². The van der Waals surface area contributed by atoms with E-state index in [4.69, 9.17) is 9.15 Å². The van der Waals surface area contributed by atoms with E-state index in [1.54, 1.807) is 29.4 Å². The molecule has 0 saturated heterocycles. The van der Waals surface area contributed by atoms with Gasteiger partial charge in [0.15, 0.2) is 4.67 Å². The van der Waals surface area contributed by atoms with Crippen LogP contribution in [0.2, 0.25) is 0 Å². The number of hydrogen-bond acceptors (Lipinski definition) is 7. The fraction of sp³-hybridized carbons (Fsp3) is 0.438. The lowest BCUT2D eigenvalue weighted by atomic mass is 10.0. The van der Waals surface area contributed by atoms with E-state index in [0.29, 0.717) is 39.4 Å². The van der Waals surface area contributed by atoms with Crippen LogP contribution in [0.5, 0.6) is 0 Å². The Morgan fingerprint density at radius 2 is 2.28 bits per heavy atom. The van der Waals surface area contributed by atoms with E-state index in [9.17, 15) is 4.79 Å². The zero-order chi connectivity index (χ0) is 18.0. The quantitative estimate of drug-likeness (QED) is 0.552. The van der Waals surface area contributed by atoms with E-state index in [0.717, 1.165) is 12.2 Å². The molecule has 1 N–H and O–H groups in total. The van der Waals surface area contributed by atoms with Crippen molar-refractivity contribution in [3.8, 4) is 0 Å². The molecule has 25 heavy (non-hydrogen) atoms. The minimum Gasteiger partial charge on any atom is -0.463 e. The van der Waals surface area contributed by atoms with Gasteiger partial charge in [0.2, 0.25) is 11.1 Å². The average molecular weight is 427 g/mol. The van der Waals surface area contributed by atoms with Gasteiger partial charge < -0.3 is 14.5 Å². The number of esters is 1. The molecule has 0 radical (unpaired) electrons. The Morgan fingerprint density at radius 3 is 2.92 bits per heavy atom. The zero-order valence-electron chi connectivity index (χ0n) is 14.2. The van der Waals surface area contributed by atoms with Crippen molar-refractivity contribution in [1.82, 2.24) is 14.8 Å². The van der Waals surface area contributed by atoms with Gasteiger partial charge in [-0.2, -0.15) is 4.98 Å². The number of nitrogens with one attached hydrogen (secondary N) is 1. The van der Waals surface area contributed by atoms with Crippen molar-refractivity contribution in [1.29, 1.82) is 0 Å². The van der Waals surface area contributed by atoms with E-state index in [-0.39, 0.29) is 0 Å². The molecule has 0 aromatic carbocycles. The second-order valence-corrected chi connectivity index (χ2v) is 7.28. The molecule has 0 amide bonds. The van der Waals surface area contributed by atoms with E-state index >= 15 is 0 Å². The fourth-order valence-corrected chi connectivity index (χ4v) is 3.60. The van der Waals surface area contributed by atoms with Gasteiger partial charge in [-0.05, 0) is 48.3 Å². The molecule has 0 bridgehead atoms. The summed E-state index contributed by atoms with van der Waals surface area (Å²) in [7, 11) is 0. The molecule has 134 valence electrons. The molecule has 3 rings (SSSR count). The summed E-state index contributed by atoms with van der Waals surface area (Å²) < 4.78 is 13.2. The Bertz CT molecular complexity index is 814. The second kappa shape index (κ2) is 7.65. The lowest BCUT2D eigenvalue weighted by Gasteiger charge is -2.26. The number of anilines is 1. The number of carbonyl (C=O) groups is 1. The lowest BCUT2D eigenvalue weighted by molar-refractivity contribution is -0.139. The number of nitrogens with zero attached hydrogens (tertiary/aromatic N) is 3. The number of aromatic nitrogens is 3. The summed E-state index contributed by atoms with van der Waals surface area (Å²) in [5.74, 6) is 1.71. The van der Waals surface area contributed by atoms with Crippen LogP contribution in [-0.2, 0) is 9.53 Å². The van der Waals surface area contributed by atoms with Crippen molar-refractivity contribution >= 4 is 39.6 Å². The van der Waals surface area contributed by atoms with Gasteiger partial charge in [-0.1, -0.05) is 18.7 Å². The summed E-state index contributed by atoms with van der Waals surface area (Å²) in [6, 6.07) is 3.08. The Morgan fingerprint density at radius 1 is 1.48 bits per heavy atom. The van der Waals surface area contributed by atoms with E-state index < -0.39 is 12.0 Å². The van der Waals surface area contributed by atoms with E-state index in [2.05, 4.69) is 38.3 Å². The smallest absolute Gasteiger partial charge is 0.338 e. The summed E-state index contributed by atoms with van der Waals surface area (Å²) in [4.78, 5) is 17.1.